The van der Waals surface area contributed by atoms with Crippen LogP contribution >= 0.6 is 0 Å². The van der Waals surface area contributed by atoms with Crippen molar-refractivity contribution in [3.8, 4) is 0 Å². The molecule has 2 unspecified atom stereocenters. The first-order valence-corrected chi connectivity index (χ1v) is 6.69. The summed E-state index contributed by atoms with van der Waals surface area (Å²) in [7, 11) is 0. The summed E-state index contributed by atoms with van der Waals surface area (Å²) in [6.45, 7) is 7.13. The second-order valence-electron chi connectivity index (χ2n) is 5.57. The van der Waals surface area contributed by atoms with Crippen LogP contribution in [0.1, 0.15) is 59.3 Å². The number of hydrogen-bond acceptors (Lipinski definition) is 2. The fourth-order valence-electron chi connectivity index (χ4n) is 2.74. The number of rotatable bonds is 6. The molecule has 1 aliphatic carbocycles. The average molecular weight is 226 g/mol. The number of ether oxygens (including phenoxy) is 1. The highest BCUT2D eigenvalue weighted by atomic mass is 16.5. The van der Waals surface area contributed by atoms with Gasteiger partial charge in [0.2, 0.25) is 0 Å². The van der Waals surface area contributed by atoms with Crippen molar-refractivity contribution < 1.29 is 9.53 Å². The van der Waals surface area contributed by atoms with Gasteiger partial charge < -0.3 is 9.53 Å². The summed E-state index contributed by atoms with van der Waals surface area (Å²) in [5.74, 6) is 1.91. The first-order chi connectivity index (χ1) is 7.58. The van der Waals surface area contributed by atoms with Crippen molar-refractivity contribution in [3.63, 3.8) is 0 Å². The fraction of sp³-hybridized carbons (Fsp3) is 0.929. The van der Waals surface area contributed by atoms with Crippen LogP contribution < -0.4 is 0 Å². The molecule has 1 fully saturated rings. The third-order valence-corrected chi connectivity index (χ3v) is 3.41. The van der Waals surface area contributed by atoms with Crippen LogP contribution in [0.2, 0.25) is 0 Å². The molecular weight excluding hydrogens is 200 g/mol. The molecule has 0 aliphatic heterocycles. The van der Waals surface area contributed by atoms with Crippen molar-refractivity contribution in [1.29, 1.82) is 0 Å². The molecule has 0 amide bonds. The van der Waals surface area contributed by atoms with Crippen molar-refractivity contribution in [1.82, 2.24) is 0 Å². The van der Waals surface area contributed by atoms with E-state index in [1.54, 1.807) is 6.92 Å². The SMILES string of the molecule is CC(=O)CCCCOC1CC(C)CC(C)C1. The first kappa shape index (κ1) is 13.7. The Kier molecular flexibility index (Phi) is 6.04. The quantitative estimate of drug-likeness (QED) is 0.647. The molecule has 0 N–H and O–H groups in total. The Morgan fingerprint density at radius 2 is 1.75 bits per heavy atom. The lowest BCUT2D eigenvalue weighted by molar-refractivity contribution is -0.117. The molecule has 0 heterocycles. The minimum absolute atomic E-state index is 0.292. The molecule has 2 atom stereocenters. The zero-order valence-electron chi connectivity index (χ0n) is 11.0. The van der Waals surface area contributed by atoms with Crippen LogP contribution in [0.3, 0.4) is 0 Å². The van der Waals surface area contributed by atoms with Gasteiger partial charge in [-0.25, -0.2) is 0 Å². The zero-order valence-corrected chi connectivity index (χ0v) is 11.0. The van der Waals surface area contributed by atoms with E-state index in [1.165, 1.54) is 19.3 Å². The minimum Gasteiger partial charge on any atom is -0.378 e. The maximum atomic E-state index is 10.8. The van der Waals surface area contributed by atoms with E-state index in [0.29, 0.717) is 18.3 Å². The lowest BCUT2D eigenvalue weighted by Crippen LogP contribution is -2.26. The van der Waals surface area contributed by atoms with Crippen LogP contribution in [0.25, 0.3) is 0 Å². The number of unbranched alkanes of at least 4 members (excludes halogenated alkanes) is 1. The Morgan fingerprint density at radius 3 is 2.31 bits per heavy atom. The van der Waals surface area contributed by atoms with Gasteiger partial charge in [0, 0.05) is 13.0 Å². The van der Waals surface area contributed by atoms with Crippen LogP contribution in [0.5, 0.6) is 0 Å². The van der Waals surface area contributed by atoms with E-state index >= 15 is 0 Å². The highest BCUT2D eigenvalue weighted by molar-refractivity contribution is 5.75. The number of carbonyl (C=O) groups is 1. The Morgan fingerprint density at radius 1 is 1.12 bits per heavy atom. The molecular formula is C14H26O2. The summed E-state index contributed by atoms with van der Waals surface area (Å²) in [6.07, 6.45) is 6.97. The standard InChI is InChI=1S/C14H26O2/c1-11-8-12(2)10-14(9-11)16-7-5-4-6-13(3)15/h11-12,14H,4-10H2,1-3H3. The molecule has 16 heavy (non-hydrogen) atoms. The van der Waals surface area contributed by atoms with E-state index in [2.05, 4.69) is 13.8 Å². The minimum atomic E-state index is 0.292. The van der Waals surface area contributed by atoms with Crippen molar-refractivity contribution in [3.05, 3.63) is 0 Å². The van der Waals surface area contributed by atoms with Crippen LogP contribution in [-0.4, -0.2) is 18.5 Å². The van der Waals surface area contributed by atoms with E-state index in [0.717, 1.165) is 31.3 Å². The summed E-state index contributed by atoms with van der Waals surface area (Å²) < 4.78 is 5.89. The van der Waals surface area contributed by atoms with Gasteiger partial charge in [0.25, 0.3) is 0 Å². The summed E-state index contributed by atoms with van der Waals surface area (Å²) >= 11 is 0. The molecule has 2 heteroatoms. The van der Waals surface area contributed by atoms with Gasteiger partial charge in [-0.1, -0.05) is 13.8 Å². The number of Topliss-reactive ketones (excluding diaryl/α,β-unsaturated/α-hetero) is 1. The molecule has 94 valence electrons. The van der Waals surface area contributed by atoms with E-state index < -0.39 is 0 Å². The van der Waals surface area contributed by atoms with Gasteiger partial charge in [-0.15, -0.1) is 0 Å². The Balaban J connectivity index is 2.06. The van der Waals surface area contributed by atoms with Gasteiger partial charge in [-0.05, 0) is 50.9 Å². The molecule has 1 rings (SSSR count). The lowest BCUT2D eigenvalue weighted by atomic mass is 9.82. The highest BCUT2D eigenvalue weighted by Crippen LogP contribution is 2.30. The van der Waals surface area contributed by atoms with Crippen LogP contribution in [0, 0.1) is 11.8 Å². The Bertz CT molecular complexity index is 203. The Hall–Kier alpha value is -0.370. The zero-order chi connectivity index (χ0) is 12.0. The smallest absolute Gasteiger partial charge is 0.129 e. The molecule has 0 aromatic rings. The first-order valence-electron chi connectivity index (χ1n) is 6.69. The molecule has 1 saturated carbocycles. The lowest BCUT2D eigenvalue weighted by Gasteiger charge is -2.31. The summed E-state index contributed by atoms with van der Waals surface area (Å²) in [4.78, 5) is 10.8. The van der Waals surface area contributed by atoms with Crippen LogP contribution in [0.4, 0.5) is 0 Å². The molecule has 0 aromatic heterocycles. The highest BCUT2D eigenvalue weighted by Gasteiger charge is 2.23. The van der Waals surface area contributed by atoms with Crippen molar-refractivity contribution in [2.75, 3.05) is 6.61 Å². The predicted molar refractivity (Wildman–Crippen MR) is 66.5 cm³/mol. The molecule has 0 bridgehead atoms. The summed E-state index contributed by atoms with van der Waals surface area (Å²) in [5, 5.41) is 0. The van der Waals surface area contributed by atoms with Gasteiger partial charge >= 0.3 is 0 Å². The number of ketones is 1. The van der Waals surface area contributed by atoms with E-state index in [4.69, 9.17) is 4.74 Å². The van der Waals surface area contributed by atoms with Crippen LogP contribution in [0.15, 0.2) is 0 Å². The number of carbonyl (C=O) groups excluding carboxylic acids is 1. The molecule has 0 spiro atoms. The largest absolute Gasteiger partial charge is 0.378 e. The van der Waals surface area contributed by atoms with Gasteiger partial charge in [-0.3, -0.25) is 0 Å². The third-order valence-electron chi connectivity index (χ3n) is 3.41. The number of hydrogen-bond donors (Lipinski definition) is 0. The van der Waals surface area contributed by atoms with Gasteiger partial charge in [0.05, 0.1) is 6.10 Å². The fourth-order valence-corrected chi connectivity index (χ4v) is 2.74. The van der Waals surface area contributed by atoms with Crippen molar-refractivity contribution in [2.24, 2.45) is 11.8 Å². The monoisotopic (exact) mass is 226 g/mol. The van der Waals surface area contributed by atoms with Crippen LogP contribution in [-0.2, 0) is 9.53 Å². The summed E-state index contributed by atoms with van der Waals surface area (Å²) in [5.41, 5.74) is 0. The van der Waals surface area contributed by atoms with Gasteiger partial charge in [0.15, 0.2) is 0 Å². The van der Waals surface area contributed by atoms with E-state index in [1.807, 2.05) is 0 Å². The van der Waals surface area contributed by atoms with Gasteiger partial charge in [0.1, 0.15) is 5.78 Å². The van der Waals surface area contributed by atoms with Gasteiger partial charge in [-0.2, -0.15) is 0 Å². The van der Waals surface area contributed by atoms with Crippen molar-refractivity contribution >= 4 is 5.78 Å². The maximum Gasteiger partial charge on any atom is 0.129 e. The topological polar surface area (TPSA) is 26.3 Å². The van der Waals surface area contributed by atoms with E-state index in [-0.39, 0.29) is 0 Å². The molecule has 0 saturated heterocycles. The Labute approximate surface area is 99.8 Å². The normalized spacial score (nSPS) is 30.3. The summed E-state index contributed by atoms with van der Waals surface area (Å²) in [6, 6.07) is 0. The van der Waals surface area contributed by atoms with Crippen molar-refractivity contribution in [2.45, 2.75) is 65.4 Å². The second-order valence-corrected chi connectivity index (χ2v) is 5.57. The second kappa shape index (κ2) is 7.05. The molecule has 2 nitrogen and oxygen atoms in total. The molecule has 1 aliphatic rings. The molecule has 0 radical (unpaired) electrons. The van der Waals surface area contributed by atoms with E-state index in [9.17, 15) is 4.79 Å². The third kappa shape index (κ3) is 5.64. The average Bonchev–Trinajstić information content (AvgIpc) is 2.15. The molecule has 0 aromatic carbocycles. The maximum absolute atomic E-state index is 10.8. The predicted octanol–water partition coefficient (Wildman–Crippen LogP) is 3.59.